The minimum absolute atomic E-state index is 0.173. The molecule has 0 amide bonds. The van der Waals surface area contributed by atoms with Crippen molar-refractivity contribution in [1.29, 1.82) is 0 Å². The van der Waals surface area contributed by atoms with E-state index in [0.717, 1.165) is 6.26 Å². The molecular formula is C20H26N2O5S. The van der Waals surface area contributed by atoms with Gasteiger partial charge in [0, 0.05) is 18.3 Å². The van der Waals surface area contributed by atoms with Crippen LogP contribution in [0.4, 0.5) is 5.69 Å². The Morgan fingerprint density at radius 1 is 1.04 bits per heavy atom. The van der Waals surface area contributed by atoms with E-state index in [-0.39, 0.29) is 6.04 Å². The Morgan fingerprint density at radius 2 is 1.64 bits per heavy atom. The molecule has 7 nitrogen and oxygen atoms in total. The second kappa shape index (κ2) is 9.68. The second-order valence-corrected chi connectivity index (χ2v) is 8.55. The molecule has 8 heteroatoms. The summed E-state index contributed by atoms with van der Waals surface area (Å²) in [5.41, 5.74) is 1.55. The fourth-order valence-corrected chi connectivity index (χ4v) is 3.09. The highest BCUT2D eigenvalue weighted by Crippen LogP contribution is 2.23. The van der Waals surface area contributed by atoms with Gasteiger partial charge >= 0.3 is 5.97 Å². The van der Waals surface area contributed by atoms with Gasteiger partial charge in [0.2, 0.25) is 10.0 Å². The second-order valence-electron chi connectivity index (χ2n) is 6.80. The van der Waals surface area contributed by atoms with E-state index in [2.05, 4.69) is 10.0 Å². The van der Waals surface area contributed by atoms with Crippen molar-refractivity contribution in [1.82, 2.24) is 5.32 Å². The number of esters is 1. The maximum Gasteiger partial charge on any atom is 0.340 e. The van der Waals surface area contributed by atoms with Gasteiger partial charge in [-0.25, -0.2) is 13.2 Å². The monoisotopic (exact) mass is 406 g/mol. The van der Waals surface area contributed by atoms with E-state index < -0.39 is 28.2 Å². The van der Waals surface area contributed by atoms with Crippen molar-refractivity contribution >= 4 is 21.7 Å². The topological polar surface area (TPSA) is 105 Å². The summed E-state index contributed by atoms with van der Waals surface area (Å²) >= 11 is 0. The first-order chi connectivity index (χ1) is 13.2. The van der Waals surface area contributed by atoms with Crippen LogP contribution in [0, 0.1) is 0 Å². The van der Waals surface area contributed by atoms with E-state index in [0.29, 0.717) is 23.4 Å². The van der Waals surface area contributed by atoms with Crippen LogP contribution in [0.1, 0.15) is 37.2 Å². The third-order valence-corrected chi connectivity index (χ3v) is 4.50. The lowest BCUT2D eigenvalue weighted by Gasteiger charge is -2.22. The molecule has 0 heterocycles. The van der Waals surface area contributed by atoms with E-state index in [1.165, 1.54) is 0 Å². The number of nitrogens with one attached hydrogen (secondary N) is 2. The first-order valence-electron chi connectivity index (χ1n) is 8.90. The summed E-state index contributed by atoms with van der Waals surface area (Å²) in [6.07, 6.45) is -0.947. The number of carbonyl (C=O) groups excluding carboxylic acids is 1. The Hall–Kier alpha value is -2.42. The van der Waals surface area contributed by atoms with Crippen molar-refractivity contribution in [2.75, 3.05) is 17.5 Å². The quantitative estimate of drug-likeness (QED) is 0.552. The molecule has 3 N–H and O–H groups in total. The first-order valence-corrected chi connectivity index (χ1v) is 10.8. The highest BCUT2D eigenvalue weighted by atomic mass is 32.2. The van der Waals surface area contributed by atoms with Crippen LogP contribution in [0.3, 0.4) is 0 Å². The van der Waals surface area contributed by atoms with Gasteiger partial charge in [0.1, 0.15) is 6.10 Å². The summed E-state index contributed by atoms with van der Waals surface area (Å²) in [6.45, 7) is 4.29. The molecule has 2 rings (SSSR count). The third-order valence-electron chi connectivity index (χ3n) is 3.89. The Kier molecular flexibility index (Phi) is 7.56. The van der Waals surface area contributed by atoms with Gasteiger partial charge in [0.05, 0.1) is 6.26 Å². The lowest BCUT2D eigenvalue weighted by molar-refractivity contribution is -0.159. The van der Waals surface area contributed by atoms with E-state index in [1.54, 1.807) is 54.6 Å². The van der Waals surface area contributed by atoms with Crippen LogP contribution in [0.25, 0.3) is 0 Å². The number of rotatable bonds is 9. The summed E-state index contributed by atoms with van der Waals surface area (Å²) < 4.78 is 30.6. The summed E-state index contributed by atoms with van der Waals surface area (Å²) in [4.78, 5) is 12.4. The number of aliphatic hydroxyl groups is 1. The fraction of sp³-hybridized carbons (Fsp3) is 0.350. The number of ether oxygens (including phenoxy) is 1. The van der Waals surface area contributed by atoms with E-state index in [4.69, 9.17) is 4.74 Å². The Morgan fingerprint density at radius 3 is 2.18 bits per heavy atom. The molecule has 1 unspecified atom stereocenters. The largest absolute Gasteiger partial charge is 0.454 e. The van der Waals surface area contributed by atoms with Crippen LogP contribution in [0.15, 0.2) is 54.6 Å². The number of sulfonamides is 1. The summed E-state index contributed by atoms with van der Waals surface area (Å²) in [7, 11) is -3.37. The smallest absolute Gasteiger partial charge is 0.340 e. The van der Waals surface area contributed by atoms with E-state index in [1.807, 2.05) is 13.8 Å². The Balaban J connectivity index is 2.16. The van der Waals surface area contributed by atoms with Crippen LogP contribution in [-0.2, 0) is 19.6 Å². The van der Waals surface area contributed by atoms with E-state index >= 15 is 0 Å². The predicted octanol–water partition coefficient (Wildman–Crippen LogP) is 2.37. The average molecular weight is 407 g/mol. The van der Waals surface area contributed by atoms with Gasteiger partial charge in [-0.05, 0) is 23.3 Å². The number of benzene rings is 2. The molecule has 0 aromatic heterocycles. The molecule has 0 saturated heterocycles. The van der Waals surface area contributed by atoms with Gasteiger partial charge in [0.25, 0.3) is 0 Å². The van der Waals surface area contributed by atoms with Crippen molar-refractivity contribution in [2.45, 2.75) is 32.1 Å². The Bertz CT molecular complexity index is 867. The van der Waals surface area contributed by atoms with Crippen LogP contribution >= 0.6 is 0 Å². The number of hydrogen-bond donors (Lipinski definition) is 3. The van der Waals surface area contributed by atoms with Gasteiger partial charge < -0.3 is 15.2 Å². The summed E-state index contributed by atoms with van der Waals surface area (Å²) in [5.74, 6) is -0.750. The van der Waals surface area contributed by atoms with Crippen molar-refractivity contribution in [3.63, 3.8) is 0 Å². The lowest BCUT2D eigenvalue weighted by atomic mass is 10.1. The highest BCUT2D eigenvalue weighted by Gasteiger charge is 2.24. The minimum atomic E-state index is -3.37. The van der Waals surface area contributed by atoms with Gasteiger partial charge in [-0.15, -0.1) is 0 Å². The van der Waals surface area contributed by atoms with Crippen molar-refractivity contribution in [3.05, 3.63) is 65.7 Å². The molecule has 0 aliphatic heterocycles. The third kappa shape index (κ3) is 6.95. The maximum atomic E-state index is 12.4. The summed E-state index contributed by atoms with van der Waals surface area (Å²) in [6, 6.07) is 15.3. The van der Waals surface area contributed by atoms with Crippen LogP contribution in [0.2, 0.25) is 0 Å². The van der Waals surface area contributed by atoms with Crippen molar-refractivity contribution < 1.29 is 23.1 Å². The normalized spacial score (nSPS) is 13.8. The van der Waals surface area contributed by atoms with Gasteiger partial charge in [-0.2, -0.15) is 0 Å². The first kappa shape index (κ1) is 21.9. The van der Waals surface area contributed by atoms with Gasteiger partial charge in [-0.3, -0.25) is 4.72 Å². The molecule has 28 heavy (non-hydrogen) atoms. The van der Waals surface area contributed by atoms with Crippen molar-refractivity contribution in [2.24, 2.45) is 0 Å². The molecule has 0 saturated carbocycles. The van der Waals surface area contributed by atoms with Crippen LogP contribution in [-0.4, -0.2) is 38.3 Å². The highest BCUT2D eigenvalue weighted by molar-refractivity contribution is 7.92. The van der Waals surface area contributed by atoms with E-state index in [9.17, 15) is 18.3 Å². The molecule has 2 aromatic rings. The molecule has 2 atom stereocenters. The minimum Gasteiger partial charge on any atom is -0.454 e. The molecule has 2 aromatic carbocycles. The SMILES string of the molecule is CC(C)NC[C@@H](OC(=O)C(O)c1ccccc1)c1ccc(NS(C)(=O)=O)cc1. The molecule has 152 valence electrons. The summed E-state index contributed by atoms with van der Waals surface area (Å²) in [5, 5.41) is 13.5. The number of carbonyl (C=O) groups is 1. The fourth-order valence-electron chi connectivity index (χ4n) is 2.53. The van der Waals surface area contributed by atoms with Gasteiger partial charge in [-0.1, -0.05) is 56.3 Å². The molecule has 0 aliphatic carbocycles. The molecular weight excluding hydrogens is 380 g/mol. The standard InChI is InChI=1S/C20H26N2O5S/c1-14(2)21-13-18(15-9-11-17(12-10-15)22-28(3,25)26)27-20(24)19(23)16-7-5-4-6-8-16/h4-12,14,18-19,21-23H,13H2,1-3H3/t18-,19?/m1/s1. The Labute approximate surface area is 165 Å². The zero-order valence-corrected chi connectivity index (χ0v) is 16.9. The van der Waals surface area contributed by atoms with Crippen LogP contribution in [0.5, 0.6) is 0 Å². The predicted molar refractivity (Wildman–Crippen MR) is 108 cm³/mol. The molecule has 0 radical (unpaired) electrons. The molecule has 0 bridgehead atoms. The molecule has 0 aliphatic rings. The zero-order valence-electron chi connectivity index (χ0n) is 16.1. The van der Waals surface area contributed by atoms with Gasteiger partial charge in [0.15, 0.2) is 6.10 Å². The number of anilines is 1. The maximum absolute atomic E-state index is 12.4. The average Bonchev–Trinajstić information content (AvgIpc) is 2.64. The molecule has 0 fully saturated rings. The number of hydrogen-bond acceptors (Lipinski definition) is 6. The lowest BCUT2D eigenvalue weighted by Crippen LogP contribution is -2.31. The van der Waals surface area contributed by atoms with Crippen LogP contribution < -0.4 is 10.0 Å². The zero-order chi connectivity index (χ0) is 20.7. The van der Waals surface area contributed by atoms with Crippen molar-refractivity contribution in [3.8, 4) is 0 Å². The molecule has 0 spiro atoms. The number of aliphatic hydroxyl groups excluding tert-OH is 1.